The predicted octanol–water partition coefficient (Wildman–Crippen LogP) is 4.68. The van der Waals surface area contributed by atoms with E-state index in [1.807, 2.05) is 18.2 Å². The molecular formula is C35H45NO11. The van der Waals surface area contributed by atoms with E-state index in [4.69, 9.17) is 32.8 Å². The van der Waals surface area contributed by atoms with E-state index in [0.717, 1.165) is 49.9 Å². The second-order valence-electron chi connectivity index (χ2n) is 13.0. The largest absolute Gasteiger partial charge is 0.497 e. The molecule has 1 N–H and O–H groups in total. The highest BCUT2D eigenvalue weighted by Gasteiger charge is 2.45. The molecule has 0 spiro atoms. The molecule has 0 amide bonds. The summed E-state index contributed by atoms with van der Waals surface area (Å²) in [6.45, 7) is 5.87. The number of ether oxygens (including phenoxy) is 6. The maximum absolute atomic E-state index is 14.1. The van der Waals surface area contributed by atoms with Gasteiger partial charge in [0.2, 0.25) is 12.6 Å². The summed E-state index contributed by atoms with van der Waals surface area (Å²) in [5.74, 6) is -0.865. The first-order chi connectivity index (χ1) is 22.5. The fourth-order valence-corrected chi connectivity index (χ4v) is 6.50. The van der Waals surface area contributed by atoms with Gasteiger partial charge >= 0.3 is 17.9 Å². The number of carbonyl (C=O) groups excluding carboxylic acids is 3. The van der Waals surface area contributed by atoms with Crippen molar-refractivity contribution in [3.8, 4) is 11.5 Å². The number of allylic oxidation sites excluding steroid dienone is 1. The second-order valence-corrected chi connectivity index (χ2v) is 13.0. The molecule has 0 saturated heterocycles. The second kappa shape index (κ2) is 14.8. The Bertz CT molecular complexity index is 1450. The highest BCUT2D eigenvalue weighted by Crippen LogP contribution is 2.42. The van der Waals surface area contributed by atoms with Crippen molar-refractivity contribution in [1.29, 1.82) is 0 Å². The highest BCUT2D eigenvalue weighted by atomic mass is 16.7. The lowest BCUT2D eigenvalue weighted by Gasteiger charge is -2.35. The first-order valence-electron chi connectivity index (χ1n) is 16.2. The van der Waals surface area contributed by atoms with Gasteiger partial charge in [-0.2, -0.15) is 0 Å². The first kappa shape index (κ1) is 34.3. The van der Waals surface area contributed by atoms with Crippen molar-refractivity contribution in [3.63, 3.8) is 0 Å². The first-order valence-corrected chi connectivity index (χ1v) is 16.2. The number of benzene rings is 1. The minimum absolute atomic E-state index is 0.0687. The molecule has 0 saturated carbocycles. The molecule has 1 aromatic heterocycles. The van der Waals surface area contributed by atoms with Crippen molar-refractivity contribution in [2.75, 3.05) is 40.6 Å². The van der Waals surface area contributed by atoms with Crippen LogP contribution >= 0.6 is 0 Å². The van der Waals surface area contributed by atoms with Crippen LogP contribution in [-0.2, 0) is 35.0 Å². The maximum atomic E-state index is 14.1. The number of aliphatic hydroxyl groups is 1. The number of hydrogen-bond donors (Lipinski definition) is 1. The molecule has 47 heavy (non-hydrogen) atoms. The number of esters is 3. The van der Waals surface area contributed by atoms with Gasteiger partial charge in [-0.05, 0) is 107 Å². The molecule has 4 heterocycles. The zero-order valence-corrected chi connectivity index (χ0v) is 27.6. The maximum Gasteiger partial charge on any atom is 0.374 e. The lowest BCUT2D eigenvalue weighted by Crippen LogP contribution is -2.46. The Labute approximate surface area is 274 Å². The van der Waals surface area contributed by atoms with Gasteiger partial charge in [0.25, 0.3) is 0 Å². The molecule has 2 aromatic rings. The Hall–Kier alpha value is -4.03. The van der Waals surface area contributed by atoms with E-state index >= 15 is 0 Å². The quantitative estimate of drug-likeness (QED) is 0.265. The summed E-state index contributed by atoms with van der Waals surface area (Å²) >= 11 is 0. The minimum Gasteiger partial charge on any atom is -0.497 e. The molecule has 2 bridgehead atoms. The van der Waals surface area contributed by atoms with Crippen molar-refractivity contribution < 1.29 is 52.3 Å². The van der Waals surface area contributed by atoms with E-state index in [2.05, 4.69) is 4.90 Å². The molecule has 1 aromatic carbocycles. The fourth-order valence-electron chi connectivity index (χ4n) is 6.50. The predicted molar refractivity (Wildman–Crippen MR) is 168 cm³/mol. The molecule has 12 nitrogen and oxygen atoms in total. The molecule has 0 fully saturated rings. The standard InChI is InChI=1S/C35H45NO11/c1-34(2,47-32(38)27-11-8-17-43-27)13-9-14-35(40,20-30(37)42-4)33(39)46-31-25-21-36(15-7-5-6-10-26(31)41-3)16-12-23-18-28-29(19-24(23)25)45-22-44-28/h8,10-11,17-19,25,31,40H,5-7,9,12-16,20-22H2,1-4H3/b26-10+/t25-,31+,35-/m1/s1. The third kappa shape index (κ3) is 8.28. The van der Waals surface area contributed by atoms with Crippen LogP contribution in [0.2, 0.25) is 0 Å². The van der Waals surface area contributed by atoms with Crippen molar-refractivity contribution in [1.82, 2.24) is 4.90 Å². The van der Waals surface area contributed by atoms with Gasteiger partial charge in [-0.25, -0.2) is 9.59 Å². The van der Waals surface area contributed by atoms with Gasteiger partial charge in [-0.1, -0.05) is 0 Å². The molecule has 0 aliphatic carbocycles. The zero-order chi connectivity index (χ0) is 33.6. The van der Waals surface area contributed by atoms with Crippen LogP contribution < -0.4 is 9.47 Å². The van der Waals surface area contributed by atoms with E-state index in [1.165, 1.54) is 19.4 Å². The van der Waals surface area contributed by atoms with Gasteiger partial charge < -0.3 is 42.8 Å². The smallest absolute Gasteiger partial charge is 0.374 e. The van der Waals surface area contributed by atoms with Gasteiger partial charge in [-0.3, -0.25) is 4.79 Å². The van der Waals surface area contributed by atoms with Gasteiger partial charge in [0.05, 0.1) is 26.9 Å². The topological polar surface area (TPSA) is 143 Å². The molecule has 256 valence electrons. The van der Waals surface area contributed by atoms with Crippen LogP contribution in [0, 0.1) is 0 Å². The van der Waals surface area contributed by atoms with Crippen molar-refractivity contribution in [3.05, 3.63) is 59.3 Å². The third-order valence-corrected chi connectivity index (χ3v) is 9.08. The van der Waals surface area contributed by atoms with Crippen molar-refractivity contribution in [2.24, 2.45) is 0 Å². The number of carbonyl (C=O) groups is 3. The van der Waals surface area contributed by atoms with Crippen molar-refractivity contribution >= 4 is 17.9 Å². The minimum atomic E-state index is -2.22. The Kier molecular flexibility index (Phi) is 10.8. The average Bonchev–Trinajstić information content (AvgIpc) is 3.71. The summed E-state index contributed by atoms with van der Waals surface area (Å²) in [7, 11) is 2.74. The Morgan fingerprint density at radius 3 is 2.57 bits per heavy atom. The Morgan fingerprint density at radius 1 is 1.06 bits per heavy atom. The van der Waals surface area contributed by atoms with Crippen LogP contribution in [0.3, 0.4) is 0 Å². The number of nitrogens with zero attached hydrogens (tertiary/aromatic N) is 1. The molecule has 4 atom stereocenters. The number of hydrogen-bond acceptors (Lipinski definition) is 12. The monoisotopic (exact) mass is 655 g/mol. The van der Waals surface area contributed by atoms with E-state index in [0.29, 0.717) is 23.8 Å². The van der Waals surface area contributed by atoms with Gasteiger partial charge in [0.15, 0.2) is 23.2 Å². The Morgan fingerprint density at radius 2 is 1.85 bits per heavy atom. The number of furan rings is 1. The van der Waals surface area contributed by atoms with Gasteiger partial charge in [0, 0.05) is 19.0 Å². The SMILES string of the molecule is COC(=O)C[C@](O)(CCCC(C)(C)OC(=O)c1ccco1)C(=O)O[C@@H]1/C(OC)=C\CCCCN2CCc3cc4c(cc3[C@H]1C2)OCO4. The van der Waals surface area contributed by atoms with E-state index in [-0.39, 0.29) is 37.7 Å². The lowest BCUT2D eigenvalue weighted by atomic mass is 9.86. The average molecular weight is 656 g/mol. The lowest BCUT2D eigenvalue weighted by molar-refractivity contribution is -0.178. The summed E-state index contributed by atoms with van der Waals surface area (Å²) in [4.78, 5) is 41.5. The van der Waals surface area contributed by atoms with Crippen molar-refractivity contribution in [2.45, 2.75) is 88.4 Å². The van der Waals surface area contributed by atoms with Gasteiger partial charge in [-0.15, -0.1) is 0 Å². The molecular weight excluding hydrogens is 610 g/mol. The summed E-state index contributed by atoms with van der Waals surface area (Å²) < 4.78 is 39.1. The van der Waals surface area contributed by atoms with Gasteiger partial charge in [0.1, 0.15) is 11.4 Å². The fraction of sp³-hybridized carbons (Fsp3) is 0.571. The third-order valence-electron chi connectivity index (χ3n) is 9.08. The summed E-state index contributed by atoms with van der Waals surface area (Å²) in [6, 6.07) is 7.05. The molecule has 3 aliphatic heterocycles. The van der Waals surface area contributed by atoms with Crippen LogP contribution in [0.25, 0.3) is 0 Å². The highest BCUT2D eigenvalue weighted by molar-refractivity contribution is 5.87. The molecule has 5 rings (SSSR count). The molecule has 0 radical (unpaired) electrons. The normalized spacial score (nSPS) is 23.2. The molecule has 12 heteroatoms. The van der Waals surface area contributed by atoms with E-state index in [1.54, 1.807) is 27.0 Å². The van der Waals surface area contributed by atoms with Crippen LogP contribution in [0.15, 0.2) is 46.8 Å². The van der Waals surface area contributed by atoms with Crippen LogP contribution in [0.4, 0.5) is 0 Å². The Balaban J connectivity index is 1.41. The zero-order valence-electron chi connectivity index (χ0n) is 27.6. The number of rotatable bonds is 11. The van der Waals surface area contributed by atoms with Crippen LogP contribution in [0.1, 0.15) is 86.4 Å². The van der Waals surface area contributed by atoms with E-state index < -0.39 is 41.6 Å². The summed E-state index contributed by atoms with van der Waals surface area (Å²) in [6.07, 6.45) is 5.62. The van der Waals surface area contributed by atoms with Crippen LogP contribution in [-0.4, -0.2) is 85.9 Å². The van der Waals surface area contributed by atoms with Crippen LogP contribution in [0.5, 0.6) is 11.5 Å². The summed E-state index contributed by atoms with van der Waals surface area (Å²) in [5, 5.41) is 11.8. The number of fused-ring (bicyclic) bond motifs is 5. The number of methoxy groups -OCH3 is 2. The summed E-state index contributed by atoms with van der Waals surface area (Å²) in [5.41, 5.74) is -1.16. The van der Waals surface area contributed by atoms with E-state index in [9.17, 15) is 19.5 Å². The molecule has 1 unspecified atom stereocenters. The molecule has 3 aliphatic rings.